The first kappa shape index (κ1) is 23.9. The number of fused-ring (bicyclic) bond motifs is 1. The van der Waals surface area contributed by atoms with E-state index in [9.17, 15) is 9.59 Å². The van der Waals surface area contributed by atoms with E-state index >= 15 is 0 Å². The number of aliphatic imine (C=N–C) groups is 1. The maximum absolute atomic E-state index is 13.2. The summed E-state index contributed by atoms with van der Waals surface area (Å²) in [6.45, 7) is 7.08. The van der Waals surface area contributed by atoms with Crippen molar-refractivity contribution < 1.29 is 23.8 Å². The molecule has 1 aromatic carbocycles. The van der Waals surface area contributed by atoms with Crippen molar-refractivity contribution >= 4 is 28.8 Å². The van der Waals surface area contributed by atoms with Gasteiger partial charge in [-0.25, -0.2) is 9.79 Å². The monoisotopic (exact) mass is 483 g/mol. The second-order valence-corrected chi connectivity index (χ2v) is 8.99. The van der Waals surface area contributed by atoms with Crippen molar-refractivity contribution in [2.75, 3.05) is 33.9 Å². The zero-order chi connectivity index (χ0) is 24.2. The molecule has 180 valence electrons. The normalized spacial score (nSPS) is 19.4. The van der Waals surface area contributed by atoms with Crippen LogP contribution in [0.4, 0.5) is 0 Å². The van der Waals surface area contributed by atoms with Crippen LogP contribution in [0.3, 0.4) is 0 Å². The van der Waals surface area contributed by atoms with Gasteiger partial charge in [0.2, 0.25) is 5.91 Å². The highest BCUT2D eigenvalue weighted by molar-refractivity contribution is 8.16. The van der Waals surface area contributed by atoms with Gasteiger partial charge in [0.05, 0.1) is 38.0 Å². The molecule has 34 heavy (non-hydrogen) atoms. The molecule has 1 atom stereocenters. The van der Waals surface area contributed by atoms with Crippen LogP contribution in [-0.4, -0.2) is 60.8 Å². The number of nitrogens with zero attached hydrogens (tertiary/aromatic N) is 3. The van der Waals surface area contributed by atoms with E-state index in [-0.39, 0.29) is 18.9 Å². The van der Waals surface area contributed by atoms with E-state index in [4.69, 9.17) is 19.2 Å². The Hall–Kier alpha value is -3.20. The molecule has 0 aliphatic carbocycles. The smallest absolute Gasteiger partial charge is 0.338 e. The molecule has 1 saturated heterocycles. The standard InChI is InChI=1S/C25H29N3O5S/c1-5-12-33-24(30)22-16(2)26-25-28(17(15-34-25)13-21(29)27-10-6-7-11-27)23(22)19-14-18(31-3)8-9-20(19)32-4/h5,8-9,14-15,23H,1,6-7,10-13H2,2-4H3. The molecule has 3 aliphatic rings. The number of rotatable bonds is 8. The van der Waals surface area contributed by atoms with Gasteiger partial charge in [0, 0.05) is 24.4 Å². The van der Waals surface area contributed by atoms with Gasteiger partial charge in [0.1, 0.15) is 18.1 Å². The van der Waals surface area contributed by atoms with Crippen molar-refractivity contribution in [3.63, 3.8) is 0 Å². The molecular formula is C25H29N3O5S. The fourth-order valence-electron chi connectivity index (χ4n) is 4.42. The molecule has 0 aromatic heterocycles. The Morgan fingerprint density at radius 1 is 1.24 bits per heavy atom. The molecule has 0 radical (unpaired) electrons. The van der Waals surface area contributed by atoms with Crippen LogP contribution in [0.15, 0.2) is 58.2 Å². The number of carbonyl (C=O) groups is 2. The predicted octanol–water partition coefficient (Wildman–Crippen LogP) is 4.02. The fourth-order valence-corrected chi connectivity index (χ4v) is 5.39. The summed E-state index contributed by atoms with van der Waals surface area (Å²) in [7, 11) is 3.17. The summed E-state index contributed by atoms with van der Waals surface area (Å²) < 4.78 is 16.6. The molecule has 3 heterocycles. The van der Waals surface area contributed by atoms with Crippen LogP contribution >= 0.6 is 11.8 Å². The number of thioether (sulfide) groups is 1. The number of amidine groups is 1. The van der Waals surface area contributed by atoms with Gasteiger partial charge in [0.15, 0.2) is 5.17 Å². The third-order valence-electron chi connectivity index (χ3n) is 6.08. The van der Waals surface area contributed by atoms with Gasteiger partial charge < -0.3 is 24.0 Å². The Bertz CT molecular complexity index is 1090. The van der Waals surface area contributed by atoms with Crippen molar-refractivity contribution in [2.24, 2.45) is 4.99 Å². The number of amides is 1. The van der Waals surface area contributed by atoms with Gasteiger partial charge in [-0.15, -0.1) is 0 Å². The van der Waals surface area contributed by atoms with Crippen LogP contribution in [0.5, 0.6) is 11.5 Å². The summed E-state index contributed by atoms with van der Waals surface area (Å²) in [5.41, 5.74) is 2.46. The van der Waals surface area contributed by atoms with Crippen LogP contribution in [0.1, 0.15) is 37.8 Å². The Morgan fingerprint density at radius 3 is 2.68 bits per heavy atom. The summed E-state index contributed by atoms with van der Waals surface area (Å²) in [4.78, 5) is 34.8. The molecule has 1 unspecified atom stereocenters. The lowest BCUT2D eigenvalue weighted by Gasteiger charge is -2.37. The van der Waals surface area contributed by atoms with Crippen molar-refractivity contribution in [1.29, 1.82) is 0 Å². The first-order chi connectivity index (χ1) is 16.5. The van der Waals surface area contributed by atoms with Crippen LogP contribution in [-0.2, 0) is 14.3 Å². The Morgan fingerprint density at radius 2 is 2.00 bits per heavy atom. The molecule has 0 saturated carbocycles. The summed E-state index contributed by atoms with van der Waals surface area (Å²) in [5, 5.41) is 2.65. The first-order valence-corrected chi connectivity index (χ1v) is 12.1. The van der Waals surface area contributed by atoms with Crippen LogP contribution in [0.25, 0.3) is 0 Å². The first-order valence-electron chi connectivity index (χ1n) is 11.2. The number of ether oxygens (including phenoxy) is 3. The number of likely N-dealkylation sites (tertiary alicyclic amines) is 1. The van der Waals surface area contributed by atoms with Crippen molar-refractivity contribution in [1.82, 2.24) is 9.80 Å². The third-order valence-corrected chi connectivity index (χ3v) is 6.96. The fraction of sp³-hybridized carbons (Fsp3) is 0.400. The predicted molar refractivity (Wildman–Crippen MR) is 132 cm³/mol. The van der Waals surface area contributed by atoms with Crippen molar-refractivity contribution in [3.05, 3.63) is 58.8 Å². The SMILES string of the molecule is C=CCOC(=O)C1=C(C)N=C2SC=C(CC(=O)N3CCCC3)N2C1c1cc(OC)ccc1OC. The van der Waals surface area contributed by atoms with Gasteiger partial charge >= 0.3 is 5.97 Å². The lowest BCUT2D eigenvalue weighted by molar-refractivity contribution is -0.138. The Balaban J connectivity index is 1.79. The molecule has 1 fully saturated rings. The largest absolute Gasteiger partial charge is 0.497 e. The minimum absolute atomic E-state index is 0.0732. The zero-order valence-corrected chi connectivity index (χ0v) is 20.5. The van der Waals surface area contributed by atoms with Gasteiger partial charge in [0.25, 0.3) is 0 Å². The minimum Gasteiger partial charge on any atom is -0.497 e. The van der Waals surface area contributed by atoms with Crippen LogP contribution < -0.4 is 9.47 Å². The number of methoxy groups -OCH3 is 2. The Labute approximate surface area is 203 Å². The van der Waals surface area contributed by atoms with Gasteiger partial charge in [-0.3, -0.25) is 4.79 Å². The number of benzene rings is 1. The second-order valence-electron chi connectivity index (χ2n) is 8.15. The maximum Gasteiger partial charge on any atom is 0.338 e. The Kier molecular flexibility index (Phi) is 7.31. The molecule has 0 spiro atoms. The number of carbonyl (C=O) groups excluding carboxylic acids is 2. The van der Waals surface area contributed by atoms with E-state index in [1.54, 1.807) is 27.2 Å². The number of hydrogen-bond donors (Lipinski definition) is 0. The molecule has 9 heteroatoms. The maximum atomic E-state index is 13.2. The quantitative estimate of drug-likeness (QED) is 0.408. The lowest BCUT2D eigenvalue weighted by atomic mass is 9.92. The summed E-state index contributed by atoms with van der Waals surface area (Å²) >= 11 is 1.44. The van der Waals surface area contributed by atoms with Crippen LogP contribution in [0, 0.1) is 0 Å². The number of esters is 1. The molecule has 0 bridgehead atoms. The third kappa shape index (κ3) is 4.57. The topological polar surface area (TPSA) is 80.7 Å². The van der Waals surface area contributed by atoms with Crippen LogP contribution in [0.2, 0.25) is 0 Å². The van der Waals surface area contributed by atoms with Gasteiger partial charge in [-0.2, -0.15) is 0 Å². The van der Waals surface area contributed by atoms with E-state index in [1.165, 1.54) is 17.8 Å². The lowest BCUT2D eigenvalue weighted by Crippen LogP contribution is -2.38. The van der Waals surface area contributed by atoms with E-state index in [2.05, 4.69) is 6.58 Å². The van der Waals surface area contributed by atoms with Crippen molar-refractivity contribution in [3.8, 4) is 11.5 Å². The number of allylic oxidation sites excluding steroid dienone is 1. The highest BCUT2D eigenvalue weighted by Crippen LogP contribution is 2.47. The highest BCUT2D eigenvalue weighted by atomic mass is 32.2. The van der Waals surface area contributed by atoms with E-state index in [0.29, 0.717) is 27.9 Å². The van der Waals surface area contributed by atoms with Gasteiger partial charge in [-0.1, -0.05) is 24.4 Å². The zero-order valence-electron chi connectivity index (χ0n) is 19.7. The minimum atomic E-state index is -0.595. The molecule has 0 N–H and O–H groups in total. The molecule has 1 amide bonds. The molecule has 4 rings (SSSR count). The average Bonchev–Trinajstić information content (AvgIpc) is 3.52. The molecule has 3 aliphatic heterocycles. The second kappa shape index (κ2) is 10.4. The van der Waals surface area contributed by atoms with Crippen molar-refractivity contribution in [2.45, 2.75) is 32.2 Å². The average molecular weight is 484 g/mol. The van der Waals surface area contributed by atoms with E-state index in [0.717, 1.165) is 37.2 Å². The number of hydrogen-bond acceptors (Lipinski definition) is 8. The summed E-state index contributed by atoms with van der Waals surface area (Å²) in [6, 6.07) is 4.87. The summed E-state index contributed by atoms with van der Waals surface area (Å²) in [6.07, 6.45) is 3.81. The molecule has 8 nitrogen and oxygen atoms in total. The highest BCUT2D eigenvalue weighted by Gasteiger charge is 2.42. The molecular weight excluding hydrogens is 454 g/mol. The molecule has 1 aromatic rings. The van der Waals surface area contributed by atoms with E-state index < -0.39 is 12.0 Å². The van der Waals surface area contributed by atoms with E-state index in [1.807, 2.05) is 27.3 Å². The summed E-state index contributed by atoms with van der Waals surface area (Å²) in [5.74, 6) is 0.805. The van der Waals surface area contributed by atoms with Gasteiger partial charge in [-0.05, 0) is 43.4 Å².